The minimum Gasteiger partial charge on any atom is -0.383 e. The van der Waals surface area contributed by atoms with Crippen molar-refractivity contribution in [2.24, 2.45) is 15.0 Å². The number of para-hydroxylation sites is 2. The van der Waals surface area contributed by atoms with Gasteiger partial charge < -0.3 is 10.6 Å². The lowest BCUT2D eigenvalue weighted by atomic mass is 10.0. The fourth-order valence-electron chi connectivity index (χ4n) is 2.91. The van der Waals surface area contributed by atoms with Crippen LogP contribution in [0.3, 0.4) is 0 Å². The molecule has 0 heterocycles. The zero-order valence-corrected chi connectivity index (χ0v) is 19.2. The second kappa shape index (κ2) is 14.5. The maximum atomic E-state index is 4.55. The Hall–Kier alpha value is -2.53. The van der Waals surface area contributed by atoms with Crippen molar-refractivity contribution in [1.82, 2.24) is 5.32 Å². The predicted octanol–water partition coefficient (Wildman–Crippen LogP) is 5.98. The molecule has 0 radical (unpaired) electrons. The highest BCUT2D eigenvalue weighted by Gasteiger charge is 2.05. The highest BCUT2D eigenvalue weighted by molar-refractivity contribution is 5.74. The van der Waals surface area contributed by atoms with Gasteiger partial charge in [0, 0.05) is 12.8 Å². The molecule has 0 unspecified atom stereocenters. The van der Waals surface area contributed by atoms with Crippen LogP contribution in [-0.4, -0.2) is 44.8 Å². The second-order valence-electron chi connectivity index (χ2n) is 8.14. The molecule has 1 aromatic rings. The molecule has 0 saturated carbocycles. The van der Waals surface area contributed by atoms with Crippen LogP contribution in [-0.2, 0) is 0 Å². The molecule has 1 rings (SSSR count). The predicted molar refractivity (Wildman–Crippen MR) is 135 cm³/mol. The first kappa shape index (κ1) is 25.5. The summed E-state index contributed by atoms with van der Waals surface area (Å²) >= 11 is 0. The number of nitrogens with one attached hydrogen (secondary N) is 2. The molecule has 5 nitrogen and oxygen atoms in total. The Kier molecular flexibility index (Phi) is 12.3. The zero-order chi connectivity index (χ0) is 22.2. The number of hydrogen-bond donors (Lipinski definition) is 2. The molecule has 0 aliphatic heterocycles. The Labute approximate surface area is 183 Å². The van der Waals surface area contributed by atoms with E-state index < -0.39 is 0 Å². The third kappa shape index (κ3) is 10.9. The normalized spacial score (nSPS) is 12.9. The summed E-state index contributed by atoms with van der Waals surface area (Å²) in [4.78, 5) is 12.7. The van der Waals surface area contributed by atoms with Crippen LogP contribution >= 0.6 is 0 Å². The van der Waals surface area contributed by atoms with Gasteiger partial charge in [0.05, 0.1) is 22.6 Å². The van der Waals surface area contributed by atoms with Crippen molar-refractivity contribution in [2.75, 3.05) is 25.0 Å². The molecule has 0 aliphatic carbocycles. The SMILES string of the molecule is C=NC(=C\C)/C(=C\C=NC(C)(C)C)CCCCNCCCNc1ccccc1N=C. The first-order valence-corrected chi connectivity index (χ1v) is 10.8. The summed E-state index contributed by atoms with van der Waals surface area (Å²) in [5, 5.41) is 6.94. The fraction of sp³-hybridized carbons (Fsp3) is 0.480. The number of allylic oxidation sites excluding steroid dienone is 3. The summed E-state index contributed by atoms with van der Waals surface area (Å²) in [6.07, 6.45) is 10.2. The second-order valence-corrected chi connectivity index (χ2v) is 8.14. The smallest absolute Gasteiger partial charge is 0.0853 e. The van der Waals surface area contributed by atoms with Crippen molar-refractivity contribution in [3.8, 4) is 0 Å². The molecule has 164 valence electrons. The van der Waals surface area contributed by atoms with E-state index >= 15 is 0 Å². The van der Waals surface area contributed by atoms with Crippen molar-refractivity contribution in [3.05, 3.63) is 47.7 Å². The summed E-state index contributed by atoms with van der Waals surface area (Å²) in [5.41, 5.74) is 4.01. The fourth-order valence-corrected chi connectivity index (χ4v) is 2.91. The summed E-state index contributed by atoms with van der Waals surface area (Å²) in [7, 11) is 0. The lowest BCUT2D eigenvalue weighted by Gasteiger charge is -2.11. The Balaban J connectivity index is 2.28. The molecule has 0 bridgehead atoms. The quantitative estimate of drug-likeness (QED) is 0.225. The maximum Gasteiger partial charge on any atom is 0.0853 e. The standard InChI is InChI=1S/C25H39N5/c1-7-22(26-5)21(16-20-30-25(2,3)4)13-10-11-17-28-18-12-19-29-24-15-9-8-14-23(24)27-6/h7-9,14-16,20,28-29H,5-6,10-13,17-19H2,1-4H3/b21-16-,22-7-,30-20?. The molecule has 0 saturated heterocycles. The van der Waals surface area contributed by atoms with Gasteiger partial charge in [-0.1, -0.05) is 18.2 Å². The van der Waals surface area contributed by atoms with E-state index in [0.29, 0.717) is 0 Å². The summed E-state index contributed by atoms with van der Waals surface area (Å²) < 4.78 is 0. The monoisotopic (exact) mass is 409 g/mol. The lowest BCUT2D eigenvalue weighted by Crippen LogP contribution is -2.19. The van der Waals surface area contributed by atoms with E-state index in [2.05, 4.69) is 65.9 Å². The Morgan fingerprint density at radius 2 is 1.77 bits per heavy atom. The Morgan fingerprint density at radius 1 is 1.03 bits per heavy atom. The van der Waals surface area contributed by atoms with Crippen molar-refractivity contribution in [1.29, 1.82) is 0 Å². The van der Waals surface area contributed by atoms with E-state index in [9.17, 15) is 0 Å². The number of nitrogens with zero attached hydrogens (tertiary/aromatic N) is 3. The summed E-state index contributed by atoms with van der Waals surface area (Å²) in [6, 6.07) is 7.98. The molecule has 1 aromatic carbocycles. The van der Waals surface area contributed by atoms with E-state index in [-0.39, 0.29) is 5.54 Å². The van der Waals surface area contributed by atoms with E-state index in [1.165, 1.54) is 5.57 Å². The zero-order valence-electron chi connectivity index (χ0n) is 19.2. The average molecular weight is 410 g/mol. The average Bonchev–Trinajstić information content (AvgIpc) is 2.72. The molecule has 0 fully saturated rings. The van der Waals surface area contributed by atoms with Gasteiger partial charge >= 0.3 is 0 Å². The maximum absolute atomic E-state index is 4.55. The van der Waals surface area contributed by atoms with Crippen LogP contribution in [0, 0.1) is 0 Å². The van der Waals surface area contributed by atoms with Crippen molar-refractivity contribution in [2.45, 2.75) is 58.9 Å². The molecule has 2 N–H and O–H groups in total. The molecule has 0 atom stereocenters. The van der Waals surface area contributed by atoms with Crippen LogP contribution in [0.5, 0.6) is 0 Å². The van der Waals surface area contributed by atoms with Crippen LogP contribution in [0.4, 0.5) is 11.4 Å². The molecule has 0 aromatic heterocycles. The van der Waals surface area contributed by atoms with Crippen LogP contribution in [0.2, 0.25) is 0 Å². The summed E-state index contributed by atoms with van der Waals surface area (Å²) in [6.45, 7) is 18.5. The highest BCUT2D eigenvalue weighted by Crippen LogP contribution is 2.23. The van der Waals surface area contributed by atoms with Gasteiger partial charge in [-0.2, -0.15) is 0 Å². The van der Waals surface area contributed by atoms with E-state index in [4.69, 9.17) is 0 Å². The summed E-state index contributed by atoms with van der Waals surface area (Å²) in [5.74, 6) is 0. The Bertz CT molecular complexity index is 738. The number of hydrogen-bond acceptors (Lipinski definition) is 5. The molecule has 0 spiro atoms. The van der Waals surface area contributed by atoms with Gasteiger partial charge in [0.1, 0.15) is 0 Å². The first-order chi connectivity index (χ1) is 14.4. The highest BCUT2D eigenvalue weighted by atomic mass is 14.9. The molecular weight excluding hydrogens is 370 g/mol. The van der Waals surface area contributed by atoms with Gasteiger partial charge in [-0.25, -0.2) is 0 Å². The number of aliphatic imine (C=N–C) groups is 3. The van der Waals surface area contributed by atoms with Crippen LogP contribution < -0.4 is 10.6 Å². The lowest BCUT2D eigenvalue weighted by molar-refractivity contribution is 0.587. The van der Waals surface area contributed by atoms with Gasteiger partial charge in [0.2, 0.25) is 0 Å². The van der Waals surface area contributed by atoms with E-state index in [1.54, 1.807) is 0 Å². The minimum absolute atomic E-state index is 0.0671. The van der Waals surface area contributed by atoms with Gasteiger partial charge in [0.25, 0.3) is 0 Å². The van der Waals surface area contributed by atoms with Gasteiger partial charge in [-0.15, -0.1) is 0 Å². The molecular formula is C25H39N5. The van der Waals surface area contributed by atoms with Gasteiger partial charge in [-0.05, 0) is 104 Å². The Morgan fingerprint density at radius 3 is 2.43 bits per heavy atom. The van der Waals surface area contributed by atoms with Crippen molar-refractivity contribution < 1.29 is 0 Å². The first-order valence-electron chi connectivity index (χ1n) is 10.8. The van der Waals surface area contributed by atoms with Crippen molar-refractivity contribution >= 4 is 31.0 Å². The number of anilines is 1. The number of unbranched alkanes of at least 4 members (excludes halogenated alkanes) is 1. The van der Waals surface area contributed by atoms with Gasteiger partial charge in [0.15, 0.2) is 0 Å². The molecule has 0 amide bonds. The van der Waals surface area contributed by atoms with Gasteiger partial charge in [-0.3, -0.25) is 15.0 Å². The van der Waals surface area contributed by atoms with Crippen LogP contribution in [0.15, 0.2) is 62.7 Å². The van der Waals surface area contributed by atoms with Crippen molar-refractivity contribution in [3.63, 3.8) is 0 Å². The molecule has 5 heteroatoms. The van der Waals surface area contributed by atoms with Crippen LogP contribution in [0.1, 0.15) is 53.4 Å². The van der Waals surface area contributed by atoms with E-state index in [1.807, 2.05) is 43.5 Å². The topological polar surface area (TPSA) is 61.1 Å². The minimum atomic E-state index is -0.0671. The number of rotatable bonds is 14. The van der Waals surface area contributed by atoms with E-state index in [0.717, 1.165) is 62.4 Å². The van der Waals surface area contributed by atoms with Crippen LogP contribution in [0.25, 0.3) is 0 Å². The third-order valence-corrected chi connectivity index (χ3v) is 4.48. The molecule has 30 heavy (non-hydrogen) atoms. The molecule has 0 aliphatic rings. The number of benzene rings is 1. The largest absolute Gasteiger partial charge is 0.383 e. The third-order valence-electron chi connectivity index (χ3n) is 4.48.